The third-order valence-corrected chi connectivity index (χ3v) is 3.48. The van der Waals surface area contributed by atoms with Gasteiger partial charge in [-0.05, 0) is 25.6 Å². The molecule has 1 atom stereocenters. The van der Waals surface area contributed by atoms with Crippen LogP contribution in [0.25, 0.3) is 0 Å². The third kappa shape index (κ3) is 4.94. The van der Waals surface area contributed by atoms with Crippen molar-refractivity contribution in [2.75, 3.05) is 40.4 Å². The first-order valence-electron chi connectivity index (χ1n) is 6.31. The summed E-state index contributed by atoms with van der Waals surface area (Å²) >= 11 is 6.21. The van der Waals surface area contributed by atoms with Crippen molar-refractivity contribution in [3.05, 3.63) is 34.9 Å². The van der Waals surface area contributed by atoms with E-state index in [1.807, 2.05) is 18.2 Å². The van der Waals surface area contributed by atoms with Crippen LogP contribution in [0.1, 0.15) is 18.5 Å². The Morgan fingerprint density at radius 3 is 2.72 bits per heavy atom. The van der Waals surface area contributed by atoms with Crippen molar-refractivity contribution in [2.45, 2.75) is 13.0 Å². The van der Waals surface area contributed by atoms with Crippen LogP contribution >= 0.6 is 11.6 Å². The van der Waals surface area contributed by atoms with E-state index in [4.69, 9.17) is 16.3 Å². The fraction of sp³-hybridized carbons (Fsp3) is 0.571. The molecule has 1 N–H and O–H groups in total. The molecule has 0 amide bonds. The average molecular weight is 271 g/mol. The van der Waals surface area contributed by atoms with E-state index in [0.717, 1.165) is 31.3 Å². The minimum atomic E-state index is 0.322. The molecule has 18 heavy (non-hydrogen) atoms. The molecule has 0 heterocycles. The molecular formula is C14H23ClN2O. The molecule has 0 aromatic heterocycles. The molecule has 1 unspecified atom stereocenters. The molecule has 1 aromatic carbocycles. The van der Waals surface area contributed by atoms with Gasteiger partial charge in [0.1, 0.15) is 0 Å². The molecule has 1 aromatic rings. The normalized spacial score (nSPS) is 12.9. The van der Waals surface area contributed by atoms with E-state index >= 15 is 0 Å². The second kappa shape index (κ2) is 8.48. The number of nitrogens with zero attached hydrogens (tertiary/aromatic N) is 1. The Morgan fingerprint density at radius 2 is 2.06 bits per heavy atom. The molecule has 1 rings (SSSR count). The van der Waals surface area contributed by atoms with Crippen LogP contribution in [-0.4, -0.2) is 45.3 Å². The lowest BCUT2D eigenvalue weighted by molar-refractivity contribution is 0.195. The lowest BCUT2D eigenvalue weighted by atomic mass is 10.1. The minimum Gasteiger partial charge on any atom is -0.383 e. The third-order valence-electron chi connectivity index (χ3n) is 3.14. The summed E-state index contributed by atoms with van der Waals surface area (Å²) in [6, 6.07) is 8.34. The van der Waals surface area contributed by atoms with E-state index in [1.165, 1.54) is 5.56 Å². The predicted molar refractivity (Wildman–Crippen MR) is 77.2 cm³/mol. The molecule has 0 spiro atoms. The van der Waals surface area contributed by atoms with Crippen molar-refractivity contribution in [3.8, 4) is 0 Å². The van der Waals surface area contributed by atoms with Crippen LogP contribution in [0.5, 0.6) is 0 Å². The topological polar surface area (TPSA) is 24.5 Å². The zero-order valence-electron chi connectivity index (χ0n) is 11.4. The van der Waals surface area contributed by atoms with E-state index in [-0.39, 0.29) is 0 Å². The van der Waals surface area contributed by atoms with Crippen LogP contribution in [-0.2, 0) is 4.74 Å². The van der Waals surface area contributed by atoms with Gasteiger partial charge in [0.2, 0.25) is 0 Å². The van der Waals surface area contributed by atoms with Gasteiger partial charge in [-0.2, -0.15) is 0 Å². The number of hydrogen-bond donors (Lipinski definition) is 1. The Bertz CT molecular complexity index is 346. The van der Waals surface area contributed by atoms with Crippen molar-refractivity contribution in [2.24, 2.45) is 0 Å². The Morgan fingerprint density at radius 1 is 1.33 bits per heavy atom. The van der Waals surface area contributed by atoms with Gasteiger partial charge >= 0.3 is 0 Å². The van der Waals surface area contributed by atoms with Crippen molar-refractivity contribution >= 4 is 11.6 Å². The standard InChI is InChI=1S/C14H23ClN2O/c1-12(13-6-4-5-7-14(13)15)17(2)10-8-16-9-11-18-3/h4-7,12,16H,8-11H2,1-3H3. The van der Waals surface area contributed by atoms with Gasteiger partial charge in [0.15, 0.2) is 0 Å². The van der Waals surface area contributed by atoms with Gasteiger partial charge in [-0.25, -0.2) is 0 Å². The Labute approximate surface area is 115 Å². The number of methoxy groups -OCH3 is 1. The first kappa shape index (κ1) is 15.4. The van der Waals surface area contributed by atoms with Crippen molar-refractivity contribution in [1.82, 2.24) is 10.2 Å². The Kier molecular flexibility index (Phi) is 7.28. The van der Waals surface area contributed by atoms with Crippen LogP contribution in [0.2, 0.25) is 5.02 Å². The summed E-state index contributed by atoms with van der Waals surface area (Å²) in [6.07, 6.45) is 0. The highest BCUT2D eigenvalue weighted by molar-refractivity contribution is 6.31. The highest BCUT2D eigenvalue weighted by Crippen LogP contribution is 2.25. The monoisotopic (exact) mass is 270 g/mol. The number of nitrogens with one attached hydrogen (secondary N) is 1. The molecule has 0 aliphatic carbocycles. The average Bonchev–Trinajstić information content (AvgIpc) is 2.38. The van der Waals surface area contributed by atoms with Crippen molar-refractivity contribution in [3.63, 3.8) is 0 Å². The molecule has 0 fully saturated rings. The van der Waals surface area contributed by atoms with Gasteiger partial charge in [0.05, 0.1) is 6.61 Å². The molecule has 0 saturated carbocycles. The highest BCUT2D eigenvalue weighted by Gasteiger charge is 2.13. The summed E-state index contributed by atoms with van der Waals surface area (Å²) < 4.78 is 4.99. The quantitative estimate of drug-likeness (QED) is 0.735. The maximum absolute atomic E-state index is 6.21. The first-order valence-corrected chi connectivity index (χ1v) is 6.69. The molecule has 3 nitrogen and oxygen atoms in total. The van der Waals surface area contributed by atoms with Gasteiger partial charge in [-0.3, -0.25) is 4.90 Å². The van der Waals surface area contributed by atoms with Gasteiger partial charge in [-0.15, -0.1) is 0 Å². The summed E-state index contributed by atoms with van der Waals surface area (Å²) in [5.41, 5.74) is 1.18. The first-order chi connectivity index (χ1) is 8.66. The number of hydrogen-bond acceptors (Lipinski definition) is 3. The fourth-order valence-electron chi connectivity index (χ4n) is 1.80. The zero-order chi connectivity index (χ0) is 13.4. The number of rotatable bonds is 8. The molecule has 0 bridgehead atoms. The van der Waals surface area contributed by atoms with Gasteiger partial charge in [0.25, 0.3) is 0 Å². The van der Waals surface area contributed by atoms with Crippen LogP contribution in [0.15, 0.2) is 24.3 Å². The Balaban J connectivity index is 2.37. The summed E-state index contributed by atoms with van der Waals surface area (Å²) in [5.74, 6) is 0. The molecule has 4 heteroatoms. The minimum absolute atomic E-state index is 0.322. The molecule has 0 saturated heterocycles. The van der Waals surface area contributed by atoms with Crippen LogP contribution in [0.4, 0.5) is 0 Å². The predicted octanol–water partition coefficient (Wildman–Crippen LogP) is 2.57. The Hall–Kier alpha value is -0.610. The van der Waals surface area contributed by atoms with Gasteiger partial charge in [0, 0.05) is 37.8 Å². The summed E-state index contributed by atoms with van der Waals surface area (Å²) in [4.78, 5) is 2.29. The summed E-state index contributed by atoms with van der Waals surface area (Å²) in [5, 5.41) is 4.18. The lowest BCUT2D eigenvalue weighted by Gasteiger charge is -2.25. The van der Waals surface area contributed by atoms with Crippen molar-refractivity contribution < 1.29 is 4.74 Å². The number of benzene rings is 1. The maximum Gasteiger partial charge on any atom is 0.0587 e. The van der Waals surface area contributed by atoms with Gasteiger partial charge < -0.3 is 10.1 Å². The van der Waals surface area contributed by atoms with E-state index in [9.17, 15) is 0 Å². The molecule has 102 valence electrons. The zero-order valence-corrected chi connectivity index (χ0v) is 12.2. The largest absolute Gasteiger partial charge is 0.383 e. The van der Waals surface area contributed by atoms with Crippen molar-refractivity contribution in [1.29, 1.82) is 0 Å². The fourth-order valence-corrected chi connectivity index (χ4v) is 2.09. The SMILES string of the molecule is COCCNCCN(C)C(C)c1ccccc1Cl. The molecular weight excluding hydrogens is 248 g/mol. The lowest BCUT2D eigenvalue weighted by Crippen LogP contribution is -2.32. The van der Waals surface area contributed by atoms with Crippen LogP contribution < -0.4 is 5.32 Å². The summed E-state index contributed by atoms with van der Waals surface area (Å²) in [7, 11) is 3.83. The summed E-state index contributed by atoms with van der Waals surface area (Å²) in [6.45, 7) is 5.76. The number of halogens is 1. The van der Waals surface area contributed by atoms with E-state index in [2.05, 4.69) is 30.3 Å². The van der Waals surface area contributed by atoms with Crippen LogP contribution in [0, 0.1) is 0 Å². The number of ether oxygens (including phenoxy) is 1. The van der Waals surface area contributed by atoms with E-state index < -0.39 is 0 Å². The molecule has 0 aliphatic rings. The highest BCUT2D eigenvalue weighted by atomic mass is 35.5. The molecule has 0 aliphatic heterocycles. The number of likely N-dealkylation sites (N-methyl/N-ethyl adjacent to an activating group) is 1. The van der Waals surface area contributed by atoms with E-state index in [0.29, 0.717) is 6.04 Å². The second-order valence-electron chi connectivity index (χ2n) is 4.42. The van der Waals surface area contributed by atoms with Crippen LogP contribution in [0.3, 0.4) is 0 Å². The molecule has 0 radical (unpaired) electrons. The second-order valence-corrected chi connectivity index (χ2v) is 4.83. The van der Waals surface area contributed by atoms with E-state index in [1.54, 1.807) is 7.11 Å². The smallest absolute Gasteiger partial charge is 0.0587 e. The van der Waals surface area contributed by atoms with Gasteiger partial charge in [-0.1, -0.05) is 29.8 Å². The maximum atomic E-state index is 6.21.